The standard InChI is InChI=1S/C22H20NO3SSe2/c1-4-23-16-13-14(25-2)5-9-18(16)29-21(23)12-7-15-6-8-17(27-15)19-10-11-20(28-19)22(24)26-3/h5-13H,4H2,1-3H3/q+1/b12-7+. The number of fused-ring (bicyclic) bond motifs is 1. The minimum absolute atomic E-state index is 0.0158. The van der Waals surface area contributed by atoms with Crippen LogP contribution in [0.2, 0.25) is 0 Å². The van der Waals surface area contributed by atoms with Crippen molar-refractivity contribution in [2.75, 3.05) is 14.2 Å². The van der Waals surface area contributed by atoms with Gasteiger partial charge >= 0.3 is 186 Å². The van der Waals surface area contributed by atoms with E-state index in [1.54, 1.807) is 18.4 Å². The minimum atomic E-state index is -0.219. The van der Waals surface area contributed by atoms with Crippen LogP contribution in [0.25, 0.3) is 31.2 Å². The second kappa shape index (κ2) is 8.86. The quantitative estimate of drug-likeness (QED) is 0.213. The average molecular weight is 536 g/mol. The number of esters is 1. The Morgan fingerprint density at radius 3 is 2.72 bits per heavy atom. The van der Waals surface area contributed by atoms with Crippen LogP contribution in [-0.4, -0.2) is 49.2 Å². The Morgan fingerprint density at radius 1 is 1.10 bits per heavy atom. The fourth-order valence-electron chi connectivity index (χ4n) is 3.07. The summed E-state index contributed by atoms with van der Waals surface area (Å²) in [6.07, 6.45) is 4.45. The van der Waals surface area contributed by atoms with Crippen LogP contribution in [0, 0.1) is 0 Å². The number of methoxy groups -OCH3 is 2. The normalized spacial score (nSPS) is 11.4. The van der Waals surface area contributed by atoms with Gasteiger partial charge in [0.15, 0.2) is 0 Å². The van der Waals surface area contributed by atoms with Crippen LogP contribution in [0.4, 0.5) is 0 Å². The van der Waals surface area contributed by atoms with Crippen LogP contribution in [0.1, 0.15) is 25.6 Å². The Kier molecular flexibility index (Phi) is 6.23. The maximum absolute atomic E-state index is 11.7. The predicted molar refractivity (Wildman–Crippen MR) is 120 cm³/mol. The average Bonchev–Trinajstić information content (AvgIpc) is 3.48. The first kappa shape index (κ1) is 20.4. The van der Waals surface area contributed by atoms with Gasteiger partial charge in [0.25, 0.3) is 0 Å². The fourth-order valence-corrected chi connectivity index (χ4v) is 8.47. The molecule has 0 saturated carbocycles. The SMILES string of the molecule is CC[n+]1c(/C=C/c2ccc(-c3ccc(C(=O)OC)[se]3)s2)[se]c2ccc(OC)cc21. The molecule has 0 aliphatic rings. The van der Waals surface area contributed by atoms with Crippen molar-refractivity contribution in [3.8, 4) is 15.1 Å². The third-order valence-electron chi connectivity index (χ3n) is 4.51. The van der Waals surface area contributed by atoms with Crippen molar-refractivity contribution in [3.63, 3.8) is 0 Å². The summed E-state index contributed by atoms with van der Waals surface area (Å²) in [6, 6.07) is 14.6. The molecule has 0 fully saturated rings. The van der Waals surface area contributed by atoms with E-state index in [4.69, 9.17) is 9.47 Å². The zero-order chi connectivity index (χ0) is 20.4. The molecule has 29 heavy (non-hydrogen) atoms. The Balaban J connectivity index is 1.60. The number of aryl methyl sites for hydroxylation is 1. The van der Waals surface area contributed by atoms with E-state index in [1.807, 2.05) is 18.2 Å². The molecule has 0 spiro atoms. The van der Waals surface area contributed by atoms with E-state index >= 15 is 0 Å². The Hall–Kier alpha value is -1.88. The molecule has 3 heterocycles. The number of nitrogens with zero attached hydrogens (tertiary/aromatic N) is 1. The van der Waals surface area contributed by atoms with Crippen molar-refractivity contribution >= 4 is 68.2 Å². The predicted octanol–water partition coefficient (Wildman–Crippen LogP) is 3.96. The summed E-state index contributed by atoms with van der Waals surface area (Å²) < 4.78 is 17.4. The number of ether oxygens (including phenoxy) is 2. The molecular weight excluding hydrogens is 516 g/mol. The number of rotatable bonds is 6. The second-order valence-electron chi connectivity index (χ2n) is 6.21. The summed E-state index contributed by atoms with van der Waals surface area (Å²) in [5.41, 5.74) is 1.26. The van der Waals surface area contributed by atoms with Gasteiger partial charge < -0.3 is 0 Å². The molecule has 0 N–H and O–H groups in total. The molecular formula is C22H20NO3SSe2+. The van der Waals surface area contributed by atoms with Crippen molar-refractivity contribution in [3.05, 3.63) is 56.3 Å². The van der Waals surface area contributed by atoms with Crippen molar-refractivity contribution in [1.82, 2.24) is 0 Å². The van der Waals surface area contributed by atoms with Gasteiger partial charge in [-0.2, -0.15) is 0 Å². The summed E-state index contributed by atoms with van der Waals surface area (Å²) in [6.45, 7) is 3.12. The fraction of sp³-hybridized carbons (Fsp3) is 0.182. The van der Waals surface area contributed by atoms with Gasteiger partial charge in [0, 0.05) is 0 Å². The molecule has 0 unspecified atom stereocenters. The first-order chi connectivity index (χ1) is 14.1. The van der Waals surface area contributed by atoms with Gasteiger partial charge in [-0.1, -0.05) is 0 Å². The molecule has 0 amide bonds. The van der Waals surface area contributed by atoms with Crippen LogP contribution in [0.5, 0.6) is 5.75 Å². The molecule has 0 bridgehead atoms. The first-order valence-electron chi connectivity index (χ1n) is 9.09. The number of hydrogen-bond acceptors (Lipinski definition) is 4. The van der Waals surface area contributed by atoms with Gasteiger partial charge in [0.2, 0.25) is 0 Å². The van der Waals surface area contributed by atoms with Gasteiger partial charge in [0.1, 0.15) is 0 Å². The molecule has 0 radical (unpaired) electrons. The number of benzene rings is 1. The molecule has 1 aromatic carbocycles. The molecule has 0 aliphatic carbocycles. The number of carbonyl (C=O) groups excluding carboxylic acids is 1. The van der Waals surface area contributed by atoms with Gasteiger partial charge in [-0.15, -0.1) is 0 Å². The molecule has 4 aromatic rings. The number of aromatic nitrogens is 1. The van der Waals surface area contributed by atoms with Gasteiger partial charge in [-0.25, -0.2) is 0 Å². The molecule has 4 rings (SSSR count). The van der Waals surface area contributed by atoms with Gasteiger partial charge in [-0.05, 0) is 0 Å². The molecule has 4 nitrogen and oxygen atoms in total. The first-order valence-corrected chi connectivity index (χ1v) is 13.3. The number of carbonyl (C=O) groups is 1. The molecule has 3 aromatic heterocycles. The molecule has 0 saturated heterocycles. The van der Waals surface area contributed by atoms with Crippen molar-refractivity contribution in [2.24, 2.45) is 0 Å². The zero-order valence-electron chi connectivity index (χ0n) is 16.3. The Bertz CT molecular complexity index is 1200. The van der Waals surface area contributed by atoms with E-state index in [0.29, 0.717) is 14.5 Å². The molecule has 148 valence electrons. The maximum atomic E-state index is 11.7. The van der Waals surface area contributed by atoms with Gasteiger partial charge in [-0.3, -0.25) is 0 Å². The van der Waals surface area contributed by atoms with Crippen molar-refractivity contribution < 1.29 is 18.8 Å². The summed E-state index contributed by atoms with van der Waals surface area (Å²) in [5, 5.41) is 0. The van der Waals surface area contributed by atoms with E-state index < -0.39 is 0 Å². The number of thiophene rings is 1. The van der Waals surface area contributed by atoms with Crippen LogP contribution in [0.15, 0.2) is 42.5 Å². The van der Waals surface area contributed by atoms with E-state index in [0.717, 1.165) is 16.7 Å². The Labute approximate surface area is 185 Å². The summed E-state index contributed by atoms with van der Waals surface area (Å²) in [7, 11) is 3.14. The summed E-state index contributed by atoms with van der Waals surface area (Å²) in [4.78, 5) is 14.2. The molecule has 7 heteroatoms. The van der Waals surface area contributed by atoms with Gasteiger partial charge in [0.05, 0.1) is 0 Å². The summed E-state index contributed by atoms with van der Waals surface area (Å²) >= 11 is 2.08. The summed E-state index contributed by atoms with van der Waals surface area (Å²) in [5.74, 6) is 0.682. The van der Waals surface area contributed by atoms with Crippen molar-refractivity contribution in [1.29, 1.82) is 0 Å². The zero-order valence-corrected chi connectivity index (χ0v) is 20.5. The Morgan fingerprint density at radius 2 is 1.97 bits per heavy atom. The van der Waals surface area contributed by atoms with E-state index in [-0.39, 0.29) is 20.5 Å². The molecule has 0 aliphatic heterocycles. The van der Waals surface area contributed by atoms with E-state index in [2.05, 4.69) is 47.9 Å². The van der Waals surface area contributed by atoms with Crippen molar-refractivity contribution in [2.45, 2.75) is 13.5 Å². The molecule has 0 atom stereocenters. The second-order valence-corrected chi connectivity index (χ2v) is 11.8. The third kappa shape index (κ3) is 4.20. The van der Waals surface area contributed by atoms with Crippen LogP contribution >= 0.6 is 11.3 Å². The third-order valence-corrected chi connectivity index (χ3v) is 10.6. The van der Waals surface area contributed by atoms with Crippen LogP contribution in [0.3, 0.4) is 0 Å². The topological polar surface area (TPSA) is 39.4 Å². The van der Waals surface area contributed by atoms with Crippen LogP contribution in [-0.2, 0) is 11.3 Å². The monoisotopic (exact) mass is 538 g/mol. The number of hydrogen-bond donors (Lipinski definition) is 0. The van der Waals surface area contributed by atoms with E-state index in [9.17, 15) is 4.79 Å². The van der Waals surface area contributed by atoms with Crippen LogP contribution < -0.4 is 9.30 Å². The van der Waals surface area contributed by atoms with E-state index in [1.165, 1.54) is 35.6 Å².